The Bertz CT molecular complexity index is 366. The number of hydrogen-bond donors (Lipinski definition) is 0. The Kier molecular flexibility index (Phi) is 2.50. The molecule has 0 bridgehead atoms. The van der Waals surface area contributed by atoms with Gasteiger partial charge in [-0.1, -0.05) is 40.2 Å². The lowest BCUT2D eigenvalue weighted by Crippen LogP contribution is -2.00. The maximum absolute atomic E-state index is 4.11. The van der Waals surface area contributed by atoms with Gasteiger partial charge in [0.15, 0.2) is 0 Å². The molecule has 0 amide bonds. The Morgan fingerprint density at radius 1 is 1.23 bits per heavy atom. The van der Waals surface area contributed by atoms with Crippen molar-refractivity contribution in [1.82, 2.24) is 5.32 Å². The second kappa shape index (κ2) is 3.79. The van der Waals surface area contributed by atoms with Crippen LogP contribution >= 0.6 is 15.9 Å². The van der Waals surface area contributed by atoms with E-state index in [1.165, 1.54) is 11.1 Å². The van der Waals surface area contributed by atoms with Crippen LogP contribution in [-0.2, 0) is 0 Å². The number of allylic oxidation sites excluding steroid dienone is 2. The van der Waals surface area contributed by atoms with Crippen molar-refractivity contribution in [2.24, 2.45) is 0 Å². The number of benzene rings is 1. The predicted octanol–water partition coefficient (Wildman–Crippen LogP) is 2.96. The third-order valence-corrected chi connectivity index (χ3v) is 2.65. The third kappa shape index (κ3) is 1.83. The molecule has 1 heterocycles. The summed E-state index contributed by atoms with van der Waals surface area (Å²) in [6, 6.07) is 8.22. The summed E-state index contributed by atoms with van der Waals surface area (Å²) < 4.78 is 1.13. The molecule has 1 aromatic rings. The normalized spacial score (nSPS) is 15.0. The Hall–Kier alpha value is -1.02. The zero-order valence-electron chi connectivity index (χ0n) is 7.07. The van der Waals surface area contributed by atoms with Crippen LogP contribution in [0.1, 0.15) is 5.56 Å². The smallest absolute Gasteiger partial charge is 0.0579 e. The summed E-state index contributed by atoms with van der Waals surface area (Å²) in [4.78, 5) is 0. The molecule has 1 aliphatic rings. The second-order valence-electron chi connectivity index (χ2n) is 2.82. The van der Waals surface area contributed by atoms with Crippen molar-refractivity contribution in [3.8, 4) is 0 Å². The zero-order chi connectivity index (χ0) is 9.10. The summed E-state index contributed by atoms with van der Waals surface area (Å²) in [5.41, 5.74) is 2.47. The van der Waals surface area contributed by atoms with Crippen molar-refractivity contribution in [2.45, 2.75) is 0 Å². The lowest BCUT2D eigenvalue weighted by molar-refractivity contribution is 0.955. The van der Waals surface area contributed by atoms with Gasteiger partial charge in [-0.2, -0.15) is 0 Å². The minimum atomic E-state index is 0.785. The first kappa shape index (κ1) is 8.57. The molecule has 2 rings (SSSR count). The molecular formula is C11H9BrN. The number of rotatable bonds is 1. The molecule has 0 saturated heterocycles. The van der Waals surface area contributed by atoms with E-state index in [2.05, 4.69) is 39.5 Å². The topological polar surface area (TPSA) is 14.1 Å². The molecule has 0 atom stereocenters. The molecule has 0 N–H and O–H groups in total. The Labute approximate surface area is 86.3 Å². The highest BCUT2D eigenvalue weighted by Gasteiger charge is 2.03. The Balaban J connectivity index is 2.40. The fourth-order valence-electron chi connectivity index (χ4n) is 1.31. The number of nitrogens with zero attached hydrogens (tertiary/aromatic N) is 1. The Morgan fingerprint density at radius 3 is 2.77 bits per heavy atom. The van der Waals surface area contributed by atoms with Gasteiger partial charge < -0.3 is 0 Å². The quantitative estimate of drug-likeness (QED) is 0.710. The van der Waals surface area contributed by atoms with E-state index in [1.54, 1.807) is 0 Å². The van der Waals surface area contributed by atoms with Crippen molar-refractivity contribution in [2.75, 3.05) is 6.54 Å². The average Bonchev–Trinajstić information content (AvgIpc) is 2.20. The molecule has 65 valence electrons. The molecule has 1 aromatic carbocycles. The van der Waals surface area contributed by atoms with Crippen LogP contribution < -0.4 is 5.32 Å². The minimum absolute atomic E-state index is 0.785. The number of hydrogen-bond acceptors (Lipinski definition) is 0. The maximum Gasteiger partial charge on any atom is 0.0579 e. The minimum Gasteiger partial charge on any atom is -0.289 e. The van der Waals surface area contributed by atoms with E-state index in [-0.39, 0.29) is 0 Å². The highest BCUT2D eigenvalue weighted by molar-refractivity contribution is 9.10. The summed E-state index contributed by atoms with van der Waals surface area (Å²) in [7, 11) is 0. The van der Waals surface area contributed by atoms with Crippen LogP contribution in [0.4, 0.5) is 0 Å². The lowest BCUT2D eigenvalue weighted by Gasteiger charge is -2.08. The van der Waals surface area contributed by atoms with E-state index in [0.717, 1.165) is 11.0 Å². The van der Waals surface area contributed by atoms with Gasteiger partial charge in [0.2, 0.25) is 0 Å². The standard InChI is InChI=1S/C11H9BrN/c12-11-4-2-1-3-10(11)9-5-7-13-8-6-9/h1-7H,8H2. The molecule has 1 nitrogen and oxygen atoms in total. The van der Waals surface area contributed by atoms with E-state index in [9.17, 15) is 0 Å². The van der Waals surface area contributed by atoms with Gasteiger partial charge >= 0.3 is 0 Å². The fraction of sp³-hybridized carbons (Fsp3) is 0.0909. The van der Waals surface area contributed by atoms with Gasteiger partial charge in [0.05, 0.1) is 6.54 Å². The van der Waals surface area contributed by atoms with Crippen LogP contribution in [-0.4, -0.2) is 6.54 Å². The van der Waals surface area contributed by atoms with Crippen LogP contribution in [0.25, 0.3) is 5.57 Å². The molecule has 0 aromatic heterocycles. The SMILES string of the molecule is Brc1ccccc1C1=CC[N]C=C1. The summed E-state index contributed by atoms with van der Waals surface area (Å²) in [6.45, 7) is 0.785. The molecule has 0 aliphatic carbocycles. The van der Waals surface area contributed by atoms with Gasteiger partial charge in [0.25, 0.3) is 0 Å². The van der Waals surface area contributed by atoms with Gasteiger partial charge in [-0.25, -0.2) is 0 Å². The molecule has 0 spiro atoms. The summed E-state index contributed by atoms with van der Waals surface area (Å²) in [5.74, 6) is 0. The molecule has 13 heavy (non-hydrogen) atoms. The summed E-state index contributed by atoms with van der Waals surface area (Å²) in [5, 5.41) is 4.11. The van der Waals surface area contributed by atoms with E-state index in [0.29, 0.717) is 0 Å². The highest BCUT2D eigenvalue weighted by atomic mass is 79.9. The molecular weight excluding hydrogens is 226 g/mol. The van der Waals surface area contributed by atoms with E-state index in [4.69, 9.17) is 0 Å². The van der Waals surface area contributed by atoms with Gasteiger partial charge in [-0.3, -0.25) is 5.32 Å². The van der Waals surface area contributed by atoms with E-state index in [1.807, 2.05) is 24.4 Å². The third-order valence-electron chi connectivity index (χ3n) is 1.96. The predicted molar refractivity (Wildman–Crippen MR) is 58.3 cm³/mol. The first-order valence-electron chi connectivity index (χ1n) is 4.16. The molecule has 0 fully saturated rings. The largest absolute Gasteiger partial charge is 0.289 e. The van der Waals surface area contributed by atoms with E-state index >= 15 is 0 Å². The highest BCUT2D eigenvalue weighted by Crippen LogP contribution is 2.25. The van der Waals surface area contributed by atoms with Gasteiger partial charge in [0, 0.05) is 10.7 Å². The Morgan fingerprint density at radius 2 is 2.08 bits per heavy atom. The van der Waals surface area contributed by atoms with E-state index < -0.39 is 0 Å². The van der Waals surface area contributed by atoms with Gasteiger partial charge in [-0.05, 0) is 23.3 Å². The van der Waals surface area contributed by atoms with Crippen LogP contribution in [0.5, 0.6) is 0 Å². The molecule has 0 saturated carbocycles. The van der Waals surface area contributed by atoms with Crippen LogP contribution in [0, 0.1) is 0 Å². The maximum atomic E-state index is 4.11. The van der Waals surface area contributed by atoms with Crippen LogP contribution in [0.2, 0.25) is 0 Å². The lowest BCUT2D eigenvalue weighted by atomic mass is 10.0. The van der Waals surface area contributed by atoms with Crippen LogP contribution in [0.3, 0.4) is 0 Å². The molecule has 0 unspecified atom stereocenters. The molecule has 2 heteroatoms. The van der Waals surface area contributed by atoms with Crippen molar-refractivity contribution in [1.29, 1.82) is 0 Å². The van der Waals surface area contributed by atoms with Crippen molar-refractivity contribution < 1.29 is 0 Å². The summed E-state index contributed by atoms with van der Waals surface area (Å²) in [6.07, 6.45) is 6.01. The van der Waals surface area contributed by atoms with Gasteiger partial charge in [0.1, 0.15) is 0 Å². The zero-order valence-corrected chi connectivity index (χ0v) is 8.66. The van der Waals surface area contributed by atoms with Crippen molar-refractivity contribution in [3.63, 3.8) is 0 Å². The first-order valence-corrected chi connectivity index (χ1v) is 4.95. The van der Waals surface area contributed by atoms with Gasteiger partial charge in [-0.15, -0.1) is 0 Å². The van der Waals surface area contributed by atoms with Crippen molar-refractivity contribution in [3.05, 3.63) is 52.7 Å². The van der Waals surface area contributed by atoms with Crippen molar-refractivity contribution >= 4 is 21.5 Å². The fourth-order valence-corrected chi connectivity index (χ4v) is 1.82. The molecule has 1 aliphatic heterocycles. The second-order valence-corrected chi connectivity index (χ2v) is 3.67. The average molecular weight is 235 g/mol. The van der Waals surface area contributed by atoms with Crippen LogP contribution in [0.15, 0.2) is 47.1 Å². The molecule has 1 radical (unpaired) electrons. The monoisotopic (exact) mass is 234 g/mol. The first-order chi connectivity index (χ1) is 6.38. The summed E-state index contributed by atoms with van der Waals surface area (Å²) >= 11 is 3.53. The number of halogens is 1.